The second kappa shape index (κ2) is 3.53. The van der Waals surface area contributed by atoms with Crippen molar-refractivity contribution >= 4 is 18.0 Å². The van der Waals surface area contributed by atoms with E-state index in [0.29, 0.717) is 11.1 Å². The van der Waals surface area contributed by atoms with Crippen LogP contribution < -0.4 is 5.32 Å². The van der Waals surface area contributed by atoms with E-state index < -0.39 is 11.0 Å². The summed E-state index contributed by atoms with van der Waals surface area (Å²) in [6.07, 6.45) is 3.88. The van der Waals surface area contributed by atoms with Crippen molar-refractivity contribution in [2.75, 3.05) is 0 Å². The summed E-state index contributed by atoms with van der Waals surface area (Å²) in [5.41, 5.74) is 1.16. The predicted molar refractivity (Wildman–Crippen MR) is 54.1 cm³/mol. The summed E-state index contributed by atoms with van der Waals surface area (Å²) in [5.74, 6) is 0. The van der Waals surface area contributed by atoms with Crippen molar-refractivity contribution in [3.8, 4) is 0 Å². The first kappa shape index (κ1) is 9.39. The third-order valence-corrected chi connectivity index (χ3v) is 2.31. The first-order valence-corrected chi connectivity index (χ1v) is 4.39. The molecule has 15 heavy (non-hydrogen) atoms. The summed E-state index contributed by atoms with van der Waals surface area (Å²) in [6, 6.07) is 4.22. The lowest BCUT2D eigenvalue weighted by Gasteiger charge is -2.17. The minimum Gasteiger partial charge on any atom is -0.378 e. The van der Waals surface area contributed by atoms with Gasteiger partial charge in [0.15, 0.2) is 0 Å². The molecule has 1 aromatic rings. The fourth-order valence-corrected chi connectivity index (χ4v) is 1.62. The predicted octanol–water partition coefficient (Wildman–Crippen LogP) is 1.41. The maximum atomic E-state index is 10.7. The Morgan fingerprint density at radius 1 is 1.47 bits per heavy atom. The van der Waals surface area contributed by atoms with E-state index in [0.717, 1.165) is 6.29 Å². The summed E-state index contributed by atoms with van der Waals surface area (Å²) in [7, 11) is 0. The lowest BCUT2D eigenvalue weighted by Crippen LogP contribution is -2.21. The molecule has 1 atom stereocenters. The number of hydrogen-bond acceptors (Lipinski definition) is 4. The van der Waals surface area contributed by atoms with Gasteiger partial charge < -0.3 is 10.1 Å². The van der Waals surface area contributed by atoms with Crippen LogP contribution in [-0.2, 0) is 4.79 Å². The number of nitrogens with one attached hydrogen (secondary N) is 1. The number of benzene rings is 1. The van der Waals surface area contributed by atoms with E-state index in [1.807, 2.05) is 0 Å². The Bertz CT molecular complexity index is 454. The van der Waals surface area contributed by atoms with Crippen molar-refractivity contribution < 1.29 is 9.72 Å². The van der Waals surface area contributed by atoms with Gasteiger partial charge in [0.1, 0.15) is 12.3 Å². The van der Waals surface area contributed by atoms with Crippen LogP contribution in [0.5, 0.6) is 0 Å². The van der Waals surface area contributed by atoms with Crippen molar-refractivity contribution in [3.63, 3.8) is 0 Å². The van der Waals surface area contributed by atoms with E-state index in [1.54, 1.807) is 24.4 Å². The molecular formula is C10H8N2O3. The first-order valence-electron chi connectivity index (χ1n) is 4.39. The first-order chi connectivity index (χ1) is 7.24. The number of carbonyl (C=O) groups is 1. The zero-order valence-corrected chi connectivity index (χ0v) is 7.71. The van der Waals surface area contributed by atoms with Gasteiger partial charge in [0.25, 0.3) is 5.69 Å². The van der Waals surface area contributed by atoms with Gasteiger partial charge >= 0.3 is 0 Å². The Morgan fingerprint density at radius 2 is 2.27 bits per heavy atom. The molecule has 0 aliphatic carbocycles. The van der Waals surface area contributed by atoms with Crippen LogP contribution in [0, 0.1) is 10.1 Å². The van der Waals surface area contributed by atoms with E-state index in [2.05, 4.69) is 5.32 Å². The van der Waals surface area contributed by atoms with Crippen LogP contribution >= 0.6 is 0 Å². The number of fused-ring (bicyclic) bond motifs is 1. The highest BCUT2D eigenvalue weighted by molar-refractivity contribution is 5.74. The van der Waals surface area contributed by atoms with Crippen LogP contribution in [-0.4, -0.2) is 11.2 Å². The third-order valence-electron chi connectivity index (χ3n) is 2.31. The van der Waals surface area contributed by atoms with E-state index in [4.69, 9.17) is 0 Å². The molecule has 0 bridgehead atoms. The molecule has 5 nitrogen and oxygen atoms in total. The molecule has 1 heterocycles. The van der Waals surface area contributed by atoms with Crippen molar-refractivity contribution in [1.29, 1.82) is 0 Å². The Balaban J connectivity index is 2.62. The lowest BCUT2D eigenvalue weighted by molar-refractivity contribution is -0.385. The highest BCUT2D eigenvalue weighted by Crippen LogP contribution is 2.29. The molecule has 76 valence electrons. The zero-order chi connectivity index (χ0) is 10.8. The number of nitro benzene ring substituents is 1. The Labute approximate surface area is 85.6 Å². The molecule has 1 aromatic carbocycles. The molecule has 0 saturated carbocycles. The van der Waals surface area contributed by atoms with Crippen LogP contribution in [0.3, 0.4) is 0 Å². The minimum atomic E-state index is -0.495. The third kappa shape index (κ3) is 1.48. The van der Waals surface area contributed by atoms with Gasteiger partial charge in [0, 0.05) is 6.07 Å². The lowest BCUT2D eigenvalue weighted by atomic mass is 9.97. The van der Waals surface area contributed by atoms with E-state index in [1.165, 1.54) is 6.07 Å². The summed E-state index contributed by atoms with van der Waals surface area (Å²) < 4.78 is 0. The minimum absolute atomic E-state index is 0.0251. The van der Waals surface area contributed by atoms with Crippen LogP contribution in [0.15, 0.2) is 24.4 Å². The molecule has 0 amide bonds. The van der Waals surface area contributed by atoms with Crippen molar-refractivity contribution in [1.82, 2.24) is 5.32 Å². The van der Waals surface area contributed by atoms with Crippen LogP contribution in [0.1, 0.15) is 17.2 Å². The topological polar surface area (TPSA) is 72.2 Å². The van der Waals surface area contributed by atoms with Gasteiger partial charge in [0.05, 0.1) is 10.5 Å². The van der Waals surface area contributed by atoms with Crippen LogP contribution in [0.4, 0.5) is 5.69 Å². The van der Waals surface area contributed by atoms with Crippen molar-refractivity contribution in [2.45, 2.75) is 6.04 Å². The molecular weight excluding hydrogens is 196 g/mol. The standard InChI is InChI=1S/C10H8N2O3/c13-6-9-7-2-1-3-10(12(14)15)8(7)4-5-11-9/h1-6,9,11H. The SMILES string of the molecule is O=CC1NC=Cc2c1cccc2[N+](=O)[O-]. The van der Waals surface area contributed by atoms with E-state index >= 15 is 0 Å². The number of rotatable bonds is 2. The van der Waals surface area contributed by atoms with Gasteiger partial charge in [-0.25, -0.2) is 0 Å². The van der Waals surface area contributed by atoms with Gasteiger partial charge in [-0.2, -0.15) is 0 Å². The Hall–Kier alpha value is -2.17. The van der Waals surface area contributed by atoms with Crippen molar-refractivity contribution in [3.05, 3.63) is 45.6 Å². The highest BCUT2D eigenvalue weighted by Gasteiger charge is 2.22. The van der Waals surface area contributed by atoms with Gasteiger partial charge in [0.2, 0.25) is 0 Å². The smallest absolute Gasteiger partial charge is 0.277 e. The Kier molecular flexibility index (Phi) is 2.21. The molecule has 0 saturated heterocycles. The fourth-order valence-electron chi connectivity index (χ4n) is 1.62. The van der Waals surface area contributed by atoms with Crippen LogP contribution in [0.2, 0.25) is 0 Å². The van der Waals surface area contributed by atoms with Gasteiger partial charge in [-0.3, -0.25) is 10.1 Å². The second-order valence-corrected chi connectivity index (χ2v) is 3.15. The average molecular weight is 204 g/mol. The molecule has 2 rings (SSSR count). The summed E-state index contributed by atoms with van der Waals surface area (Å²) in [5, 5.41) is 13.6. The van der Waals surface area contributed by atoms with Crippen LogP contribution in [0.25, 0.3) is 6.08 Å². The molecule has 1 unspecified atom stereocenters. The molecule has 0 aromatic heterocycles. The monoisotopic (exact) mass is 204 g/mol. The number of nitro groups is 1. The van der Waals surface area contributed by atoms with Gasteiger partial charge in [-0.05, 0) is 17.8 Å². The summed E-state index contributed by atoms with van der Waals surface area (Å²) in [6.45, 7) is 0. The van der Waals surface area contributed by atoms with Crippen molar-refractivity contribution in [2.24, 2.45) is 0 Å². The number of hydrogen-bond donors (Lipinski definition) is 1. The fraction of sp³-hybridized carbons (Fsp3) is 0.100. The molecule has 0 radical (unpaired) electrons. The molecule has 1 N–H and O–H groups in total. The highest BCUT2D eigenvalue weighted by atomic mass is 16.6. The Morgan fingerprint density at radius 3 is 2.93 bits per heavy atom. The molecule has 1 aliphatic heterocycles. The van der Waals surface area contributed by atoms with E-state index in [-0.39, 0.29) is 5.69 Å². The molecule has 0 spiro atoms. The zero-order valence-electron chi connectivity index (χ0n) is 7.71. The average Bonchev–Trinajstić information content (AvgIpc) is 2.27. The van der Waals surface area contributed by atoms with Gasteiger partial charge in [-0.1, -0.05) is 12.1 Å². The van der Waals surface area contributed by atoms with E-state index in [9.17, 15) is 14.9 Å². The number of aldehydes is 1. The quantitative estimate of drug-likeness (QED) is 0.449. The molecule has 1 aliphatic rings. The maximum absolute atomic E-state index is 10.7. The summed E-state index contributed by atoms with van der Waals surface area (Å²) >= 11 is 0. The number of carbonyl (C=O) groups excluding carboxylic acids is 1. The summed E-state index contributed by atoms with van der Waals surface area (Å²) in [4.78, 5) is 21.0. The molecule has 5 heteroatoms. The largest absolute Gasteiger partial charge is 0.378 e. The number of nitrogens with zero attached hydrogens (tertiary/aromatic N) is 1. The molecule has 0 fully saturated rings. The normalized spacial score (nSPS) is 17.7. The second-order valence-electron chi connectivity index (χ2n) is 3.15. The van der Waals surface area contributed by atoms with Gasteiger partial charge in [-0.15, -0.1) is 0 Å². The maximum Gasteiger partial charge on any atom is 0.277 e.